The van der Waals surface area contributed by atoms with Gasteiger partial charge in [0.05, 0.1) is 7.11 Å². The molecule has 1 aliphatic carbocycles. The Morgan fingerprint density at radius 3 is 2.43 bits per heavy atom. The molecule has 1 aromatic carbocycles. The first-order chi connectivity index (χ1) is 12.7. The second-order valence-corrected chi connectivity index (χ2v) is 7.85. The van der Waals surface area contributed by atoms with Crippen LogP contribution in [0.15, 0.2) is 24.3 Å². The van der Waals surface area contributed by atoms with E-state index in [-0.39, 0.29) is 36.6 Å². The van der Waals surface area contributed by atoms with E-state index in [4.69, 9.17) is 10.5 Å². The molecule has 7 heteroatoms. The van der Waals surface area contributed by atoms with Crippen LogP contribution in [0.3, 0.4) is 0 Å². The van der Waals surface area contributed by atoms with Crippen molar-refractivity contribution in [3.8, 4) is 5.75 Å². The average Bonchev–Trinajstić information content (AvgIpc) is 3.17. The Balaban J connectivity index is 0.00000196. The minimum absolute atomic E-state index is 0. The first kappa shape index (κ1) is 25.0. The number of carbonyl (C=O) groups is 1. The number of hydrogen-bond acceptors (Lipinski definition) is 4. The quantitative estimate of drug-likeness (QED) is 0.694. The maximum absolute atomic E-state index is 12.4. The maximum atomic E-state index is 12.4. The van der Waals surface area contributed by atoms with Crippen LogP contribution in [0.1, 0.15) is 37.7 Å². The smallest absolute Gasteiger partial charge is 0.223 e. The zero-order valence-electron chi connectivity index (χ0n) is 16.8. The number of rotatable bonds is 7. The van der Waals surface area contributed by atoms with Gasteiger partial charge in [-0.2, -0.15) is 0 Å². The van der Waals surface area contributed by atoms with E-state index in [1.54, 1.807) is 7.11 Å². The van der Waals surface area contributed by atoms with Crippen molar-refractivity contribution in [3.63, 3.8) is 0 Å². The number of hydrogen-bond donors (Lipinski definition) is 2. The highest BCUT2D eigenvalue weighted by Gasteiger charge is 2.32. The minimum Gasteiger partial charge on any atom is -0.497 e. The fourth-order valence-electron chi connectivity index (χ4n) is 4.38. The van der Waals surface area contributed by atoms with Gasteiger partial charge in [0.25, 0.3) is 0 Å². The number of piperidine rings is 1. The number of ether oxygens (including phenoxy) is 1. The van der Waals surface area contributed by atoms with E-state index in [1.807, 2.05) is 12.1 Å². The predicted molar refractivity (Wildman–Crippen MR) is 118 cm³/mol. The van der Waals surface area contributed by atoms with Crippen molar-refractivity contribution < 1.29 is 9.53 Å². The molecule has 28 heavy (non-hydrogen) atoms. The Morgan fingerprint density at radius 1 is 1.14 bits per heavy atom. The second-order valence-electron chi connectivity index (χ2n) is 7.85. The SMILES string of the molecule is COc1ccc(CN2CCC(CNC(=O)[C@@H]3CCC[C@@H]3CN)CC2)cc1.Cl.Cl. The Kier molecular flexibility index (Phi) is 11.2. The number of nitrogens with two attached hydrogens (primary N) is 1. The average molecular weight is 432 g/mol. The molecule has 1 aromatic rings. The van der Waals surface area contributed by atoms with Crippen LogP contribution >= 0.6 is 24.8 Å². The molecular formula is C21H35Cl2N3O2. The van der Waals surface area contributed by atoms with Crippen molar-refractivity contribution in [2.24, 2.45) is 23.5 Å². The van der Waals surface area contributed by atoms with Crippen molar-refractivity contribution in [1.29, 1.82) is 0 Å². The monoisotopic (exact) mass is 431 g/mol. The molecule has 1 aliphatic heterocycles. The molecule has 0 spiro atoms. The molecule has 1 amide bonds. The fraction of sp³-hybridized carbons (Fsp3) is 0.667. The Hall–Kier alpha value is -1.01. The lowest BCUT2D eigenvalue weighted by molar-refractivity contribution is -0.126. The van der Waals surface area contributed by atoms with Gasteiger partial charge >= 0.3 is 0 Å². The predicted octanol–water partition coefficient (Wildman–Crippen LogP) is 3.24. The summed E-state index contributed by atoms with van der Waals surface area (Å²) in [6.07, 6.45) is 5.57. The first-order valence-corrected chi connectivity index (χ1v) is 10.0. The molecule has 1 saturated heterocycles. The normalized spacial score (nSPS) is 22.8. The largest absolute Gasteiger partial charge is 0.497 e. The number of amides is 1. The Morgan fingerprint density at radius 2 is 1.82 bits per heavy atom. The maximum Gasteiger partial charge on any atom is 0.223 e. The summed E-state index contributed by atoms with van der Waals surface area (Å²) in [6.45, 7) is 4.65. The molecule has 2 atom stereocenters. The summed E-state index contributed by atoms with van der Waals surface area (Å²) in [5.41, 5.74) is 7.13. The first-order valence-electron chi connectivity index (χ1n) is 10.0. The summed E-state index contributed by atoms with van der Waals surface area (Å²) in [4.78, 5) is 14.9. The molecule has 0 aromatic heterocycles. The summed E-state index contributed by atoms with van der Waals surface area (Å²) < 4.78 is 5.21. The summed E-state index contributed by atoms with van der Waals surface area (Å²) >= 11 is 0. The van der Waals surface area contributed by atoms with E-state index in [1.165, 1.54) is 5.56 Å². The van der Waals surface area contributed by atoms with Gasteiger partial charge in [0, 0.05) is 19.0 Å². The summed E-state index contributed by atoms with van der Waals surface area (Å²) in [5.74, 6) is 2.28. The molecule has 160 valence electrons. The number of benzene rings is 1. The van der Waals surface area contributed by atoms with Gasteiger partial charge in [-0.15, -0.1) is 24.8 Å². The van der Waals surface area contributed by atoms with E-state index < -0.39 is 0 Å². The van der Waals surface area contributed by atoms with Gasteiger partial charge < -0.3 is 15.8 Å². The van der Waals surface area contributed by atoms with Gasteiger partial charge in [-0.3, -0.25) is 9.69 Å². The fourth-order valence-corrected chi connectivity index (χ4v) is 4.38. The standard InChI is InChI=1S/C21H33N3O2.2ClH/c1-26-19-7-5-17(6-8-19)15-24-11-9-16(10-12-24)14-23-21(25)20-4-2-3-18(20)13-22;;/h5-8,16,18,20H,2-4,9-15,22H2,1H3,(H,23,25);2*1H/t18-,20-;;/m1../s1. The minimum atomic E-state index is 0. The topological polar surface area (TPSA) is 67.6 Å². The zero-order chi connectivity index (χ0) is 18.4. The lowest BCUT2D eigenvalue weighted by Crippen LogP contribution is -2.41. The van der Waals surface area contributed by atoms with E-state index in [2.05, 4.69) is 22.3 Å². The van der Waals surface area contributed by atoms with Crippen LogP contribution in [0.25, 0.3) is 0 Å². The zero-order valence-corrected chi connectivity index (χ0v) is 18.4. The molecular weight excluding hydrogens is 397 g/mol. The highest BCUT2D eigenvalue weighted by atomic mass is 35.5. The highest BCUT2D eigenvalue weighted by Crippen LogP contribution is 2.31. The van der Waals surface area contributed by atoms with Crippen molar-refractivity contribution >= 4 is 30.7 Å². The second kappa shape index (κ2) is 12.5. The summed E-state index contributed by atoms with van der Waals surface area (Å²) in [6, 6.07) is 8.33. The molecule has 2 fully saturated rings. The van der Waals surface area contributed by atoms with Crippen LogP contribution in [-0.2, 0) is 11.3 Å². The van der Waals surface area contributed by atoms with Crippen molar-refractivity contribution in [2.75, 3.05) is 33.3 Å². The summed E-state index contributed by atoms with van der Waals surface area (Å²) in [5, 5.41) is 3.21. The number of halogens is 2. The Labute approximate surface area is 181 Å². The lowest BCUT2D eigenvalue weighted by Gasteiger charge is -2.32. The molecule has 0 bridgehead atoms. The van der Waals surface area contributed by atoms with Gasteiger partial charge in [-0.1, -0.05) is 18.6 Å². The molecule has 2 aliphatic rings. The third-order valence-electron chi connectivity index (χ3n) is 6.14. The van der Waals surface area contributed by atoms with Crippen molar-refractivity contribution in [1.82, 2.24) is 10.2 Å². The molecule has 1 saturated carbocycles. The van der Waals surface area contributed by atoms with E-state index in [0.717, 1.165) is 64.0 Å². The van der Waals surface area contributed by atoms with Crippen LogP contribution in [-0.4, -0.2) is 44.1 Å². The molecule has 1 heterocycles. The van der Waals surface area contributed by atoms with Crippen LogP contribution in [0.4, 0.5) is 0 Å². The number of carbonyl (C=O) groups excluding carboxylic acids is 1. The number of nitrogens with zero attached hydrogens (tertiary/aromatic N) is 1. The van der Waals surface area contributed by atoms with Crippen LogP contribution < -0.4 is 15.8 Å². The number of likely N-dealkylation sites (tertiary alicyclic amines) is 1. The van der Waals surface area contributed by atoms with Gasteiger partial charge in [-0.05, 0) is 74.8 Å². The van der Waals surface area contributed by atoms with Crippen molar-refractivity contribution in [3.05, 3.63) is 29.8 Å². The van der Waals surface area contributed by atoms with E-state index in [0.29, 0.717) is 18.4 Å². The van der Waals surface area contributed by atoms with E-state index in [9.17, 15) is 4.79 Å². The van der Waals surface area contributed by atoms with Crippen LogP contribution in [0, 0.1) is 17.8 Å². The summed E-state index contributed by atoms with van der Waals surface area (Å²) in [7, 11) is 1.70. The molecule has 0 unspecified atom stereocenters. The molecule has 3 N–H and O–H groups in total. The lowest BCUT2D eigenvalue weighted by atomic mass is 9.93. The van der Waals surface area contributed by atoms with Crippen LogP contribution in [0.5, 0.6) is 5.75 Å². The highest BCUT2D eigenvalue weighted by molar-refractivity contribution is 5.85. The van der Waals surface area contributed by atoms with Gasteiger partial charge in [-0.25, -0.2) is 0 Å². The van der Waals surface area contributed by atoms with Gasteiger partial charge in [0.2, 0.25) is 5.91 Å². The Bertz CT molecular complexity index is 578. The van der Waals surface area contributed by atoms with Crippen LogP contribution in [0.2, 0.25) is 0 Å². The molecule has 3 rings (SSSR count). The number of methoxy groups -OCH3 is 1. The van der Waals surface area contributed by atoms with Gasteiger partial charge in [0.1, 0.15) is 5.75 Å². The third-order valence-corrected chi connectivity index (χ3v) is 6.14. The van der Waals surface area contributed by atoms with E-state index >= 15 is 0 Å². The number of nitrogens with one attached hydrogen (secondary N) is 1. The van der Waals surface area contributed by atoms with Crippen molar-refractivity contribution in [2.45, 2.75) is 38.6 Å². The van der Waals surface area contributed by atoms with Gasteiger partial charge in [0.15, 0.2) is 0 Å². The molecule has 5 nitrogen and oxygen atoms in total. The molecule has 0 radical (unpaired) electrons. The third kappa shape index (κ3) is 6.80.